The van der Waals surface area contributed by atoms with Gasteiger partial charge in [-0.05, 0) is 42.8 Å². The molecule has 0 aliphatic carbocycles. The average molecular weight is 427 g/mol. The standard InChI is InChI=1S/C24H18N4O2S/c1-16-8-2-6-12-20(16)28(24-26-19-11-5-7-13-21(19)31-24)22(29)14-27-15-25-18-10-4-3-9-17(18)23(27)30/h2-13,15H,14H2,1H3. The highest BCUT2D eigenvalue weighted by atomic mass is 32.1. The van der Waals surface area contributed by atoms with Crippen LogP contribution in [-0.2, 0) is 11.3 Å². The van der Waals surface area contributed by atoms with Crippen LogP contribution in [0.25, 0.3) is 21.1 Å². The van der Waals surface area contributed by atoms with E-state index in [0.29, 0.717) is 16.0 Å². The second-order valence-corrected chi connectivity index (χ2v) is 8.18. The average Bonchev–Trinajstić information content (AvgIpc) is 3.21. The monoisotopic (exact) mass is 426 g/mol. The van der Waals surface area contributed by atoms with Crippen molar-refractivity contribution >= 4 is 49.2 Å². The number of aromatic nitrogens is 3. The molecule has 7 heteroatoms. The van der Waals surface area contributed by atoms with Crippen molar-refractivity contribution in [2.45, 2.75) is 13.5 Å². The number of carbonyl (C=O) groups excluding carboxylic acids is 1. The van der Waals surface area contributed by atoms with E-state index in [2.05, 4.69) is 9.97 Å². The van der Waals surface area contributed by atoms with Gasteiger partial charge in [-0.2, -0.15) is 0 Å². The summed E-state index contributed by atoms with van der Waals surface area (Å²) in [5.74, 6) is -0.257. The lowest BCUT2D eigenvalue weighted by Gasteiger charge is -2.22. The van der Waals surface area contributed by atoms with Crippen molar-refractivity contribution in [1.29, 1.82) is 0 Å². The van der Waals surface area contributed by atoms with E-state index in [9.17, 15) is 9.59 Å². The number of nitrogens with zero attached hydrogens (tertiary/aromatic N) is 4. The molecule has 1 amide bonds. The molecule has 0 spiro atoms. The molecule has 0 unspecified atom stereocenters. The molecule has 0 fully saturated rings. The third-order valence-corrected chi connectivity index (χ3v) is 6.14. The Labute approximate surface area is 182 Å². The number of rotatable bonds is 4. The number of aryl methyl sites for hydroxylation is 1. The van der Waals surface area contributed by atoms with E-state index in [-0.39, 0.29) is 18.0 Å². The minimum atomic E-state index is -0.257. The molecule has 2 heterocycles. The van der Waals surface area contributed by atoms with Crippen LogP contribution in [0.4, 0.5) is 10.8 Å². The highest BCUT2D eigenvalue weighted by molar-refractivity contribution is 7.22. The summed E-state index contributed by atoms with van der Waals surface area (Å²) in [5.41, 5.74) is 2.89. The molecule has 0 bridgehead atoms. The molecule has 0 N–H and O–H groups in total. The van der Waals surface area contributed by atoms with E-state index in [1.165, 1.54) is 22.2 Å². The number of benzene rings is 3. The molecule has 5 rings (SSSR count). The number of carbonyl (C=O) groups is 1. The van der Waals surface area contributed by atoms with Crippen LogP contribution in [0.2, 0.25) is 0 Å². The molecule has 5 aromatic rings. The number of hydrogen-bond donors (Lipinski definition) is 0. The fraction of sp³-hybridized carbons (Fsp3) is 0.0833. The van der Waals surface area contributed by atoms with Crippen LogP contribution in [0.5, 0.6) is 0 Å². The van der Waals surface area contributed by atoms with Gasteiger partial charge >= 0.3 is 0 Å². The summed E-state index contributed by atoms with van der Waals surface area (Å²) < 4.78 is 2.34. The molecular formula is C24H18N4O2S. The van der Waals surface area contributed by atoms with Gasteiger partial charge in [0.05, 0.1) is 33.1 Å². The first-order valence-electron chi connectivity index (χ1n) is 9.80. The summed E-state index contributed by atoms with van der Waals surface area (Å²) in [6.07, 6.45) is 1.43. The van der Waals surface area contributed by atoms with Crippen LogP contribution in [0.1, 0.15) is 5.56 Å². The molecule has 2 aromatic heterocycles. The number of thiazole rings is 1. The molecule has 3 aromatic carbocycles. The van der Waals surface area contributed by atoms with Gasteiger partial charge in [0.15, 0.2) is 5.13 Å². The summed E-state index contributed by atoms with van der Waals surface area (Å²) in [6, 6.07) is 22.6. The second kappa shape index (κ2) is 7.77. The van der Waals surface area contributed by atoms with E-state index in [4.69, 9.17) is 0 Å². The summed E-state index contributed by atoms with van der Waals surface area (Å²) in [4.78, 5) is 37.1. The molecule has 0 aliphatic rings. The van der Waals surface area contributed by atoms with Gasteiger partial charge in [0.2, 0.25) is 0 Å². The van der Waals surface area contributed by atoms with E-state index >= 15 is 0 Å². The van der Waals surface area contributed by atoms with Crippen molar-refractivity contribution in [1.82, 2.24) is 14.5 Å². The molecule has 0 saturated carbocycles. The minimum absolute atomic E-state index is 0.138. The molecular weight excluding hydrogens is 408 g/mol. The third-order valence-electron chi connectivity index (χ3n) is 5.12. The number of para-hydroxylation sites is 3. The predicted octanol–water partition coefficient (Wildman–Crippen LogP) is 4.68. The van der Waals surface area contributed by atoms with Crippen molar-refractivity contribution in [3.63, 3.8) is 0 Å². The maximum atomic E-state index is 13.5. The summed E-state index contributed by atoms with van der Waals surface area (Å²) in [5, 5.41) is 1.06. The van der Waals surface area contributed by atoms with E-state index in [1.54, 1.807) is 23.1 Å². The van der Waals surface area contributed by atoms with E-state index in [1.807, 2.05) is 61.5 Å². The molecule has 31 heavy (non-hydrogen) atoms. The molecule has 152 valence electrons. The van der Waals surface area contributed by atoms with Gasteiger partial charge in [0.25, 0.3) is 11.5 Å². The smallest absolute Gasteiger partial charge is 0.261 e. The van der Waals surface area contributed by atoms with Gasteiger partial charge in [-0.15, -0.1) is 0 Å². The number of fused-ring (bicyclic) bond motifs is 2. The van der Waals surface area contributed by atoms with Crippen molar-refractivity contribution in [3.8, 4) is 0 Å². The Kier molecular flexibility index (Phi) is 4.80. The zero-order chi connectivity index (χ0) is 21.4. The summed E-state index contributed by atoms with van der Waals surface area (Å²) in [6.45, 7) is 1.81. The first kappa shape index (κ1) is 19.1. The lowest BCUT2D eigenvalue weighted by molar-refractivity contribution is -0.118. The Balaban J connectivity index is 1.60. The fourth-order valence-corrected chi connectivity index (χ4v) is 4.55. The highest BCUT2D eigenvalue weighted by Gasteiger charge is 2.24. The minimum Gasteiger partial charge on any atom is -0.289 e. The summed E-state index contributed by atoms with van der Waals surface area (Å²) in [7, 11) is 0. The van der Waals surface area contributed by atoms with Crippen molar-refractivity contribution in [2.75, 3.05) is 4.90 Å². The first-order valence-corrected chi connectivity index (χ1v) is 10.6. The van der Waals surface area contributed by atoms with Crippen LogP contribution < -0.4 is 10.5 Å². The van der Waals surface area contributed by atoms with Crippen LogP contribution in [0.3, 0.4) is 0 Å². The van der Waals surface area contributed by atoms with Crippen LogP contribution in [-0.4, -0.2) is 20.4 Å². The zero-order valence-corrected chi connectivity index (χ0v) is 17.5. The Morgan fingerprint density at radius 2 is 1.68 bits per heavy atom. The SMILES string of the molecule is Cc1ccccc1N(C(=O)Cn1cnc2ccccc2c1=O)c1nc2ccccc2s1. The second-order valence-electron chi connectivity index (χ2n) is 7.17. The quantitative estimate of drug-likeness (QED) is 0.418. The maximum Gasteiger partial charge on any atom is 0.261 e. The molecule has 0 aliphatic heterocycles. The predicted molar refractivity (Wildman–Crippen MR) is 124 cm³/mol. The van der Waals surface area contributed by atoms with Crippen molar-refractivity contribution < 1.29 is 4.79 Å². The van der Waals surface area contributed by atoms with Crippen molar-refractivity contribution in [2.24, 2.45) is 0 Å². The van der Waals surface area contributed by atoms with Gasteiger partial charge in [0, 0.05) is 0 Å². The largest absolute Gasteiger partial charge is 0.289 e. The zero-order valence-electron chi connectivity index (χ0n) is 16.7. The lowest BCUT2D eigenvalue weighted by Crippen LogP contribution is -2.34. The van der Waals surface area contributed by atoms with Crippen LogP contribution >= 0.6 is 11.3 Å². The van der Waals surface area contributed by atoms with Crippen molar-refractivity contribution in [3.05, 3.63) is 95.0 Å². The maximum absolute atomic E-state index is 13.5. The molecule has 0 saturated heterocycles. The highest BCUT2D eigenvalue weighted by Crippen LogP contribution is 2.35. The Bertz CT molecular complexity index is 1460. The molecule has 0 radical (unpaired) electrons. The summed E-state index contributed by atoms with van der Waals surface area (Å²) >= 11 is 1.45. The topological polar surface area (TPSA) is 68.1 Å². The third kappa shape index (κ3) is 3.49. The number of anilines is 2. The Hall–Kier alpha value is -3.84. The van der Waals surface area contributed by atoms with E-state index in [0.717, 1.165) is 21.5 Å². The molecule has 0 atom stereocenters. The van der Waals surface area contributed by atoms with Gasteiger partial charge in [-0.3, -0.25) is 19.1 Å². The number of hydrogen-bond acceptors (Lipinski definition) is 5. The first-order chi connectivity index (χ1) is 15.1. The Morgan fingerprint density at radius 3 is 2.48 bits per heavy atom. The normalized spacial score (nSPS) is 11.1. The fourth-order valence-electron chi connectivity index (χ4n) is 3.55. The van der Waals surface area contributed by atoms with Gasteiger partial charge in [-0.1, -0.05) is 53.8 Å². The van der Waals surface area contributed by atoms with Gasteiger partial charge < -0.3 is 0 Å². The Morgan fingerprint density at radius 1 is 0.968 bits per heavy atom. The van der Waals surface area contributed by atoms with E-state index < -0.39 is 0 Å². The number of amides is 1. The van der Waals surface area contributed by atoms with Gasteiger partial charge in [-0.25, -0.2) is 9.97 Å². The lowest BCUT2D eigenvalue weighted by atomic mass is 10.2. The van der Waals surface area contributed by atoms with Crippen LogP contribution in [0.15, 0.2) is 83.9 Å². The molecule has 6 nitrogen and oxygen atoms in total. The van der Waals surface area contributed by atoms with Crippen LogP contribution in [0, 0.1) is 6.92 Å². The van der Waals surface area contributed by atoms with Gasteiger partial charge in [0.1, 0.15) is 6.54 Å².